The van der Waals surface area contributed by atoms with Gasteiger partial charge in [-0.2, -0.15) is 4.98 Å². The highest BCUT2D eigenvalue weighted by atomic mass is 16.5. The van der Waals surface area contributed by atoms with Gasteiger partial charge < -0.3 is 14.9 Å². The van der Waals surface area contributed by atoms with Gasteiger partial charge in [-0.15, -0.1) is 5.10 Å². The van der Waals surface area contributed by atoms with E-state index in [2.05, 4.69) is 15.2 Å². The van der Waals surface area contributed by atoms with Gasteiger partial charge >= 0.3 is 0 Å². The minimum Gasteiger partial charge on any atom is -0.497 e. The fourth-order valence-electron chi connectivity index (χ4n) is 3.10. The highest BCUT2D eigenvalue weighted by molar-refractivity contribution is 5.52. The molecule has 7 heteroatoms. The van der Waals surface area contributed by atoms with Gasteiger partial charge in [0, 0.05) is 17.5 Å². The summed E-state index contributed by atoms with van der Waals surface area (Å²) in [6.45, 7) is 0. The summed E-state index contributed by atoms with van der Waals surface area (Å²) in [4.78, 5) is 4.41. The molecule has 0 unspecified atom stereocenters. The molecule has 1 aromatic carbocycles. The monoisotopic (exact) mass is 338 g/mol. The topological polar surface area (TPSA) is 96.2 Å². The van der Waals surface area contributed by atoms with Crippen molar-refractivity contribution in [2.75, 3.05) is 7.11 Å². The van der Waals surface area contributed by atoms with Crippen LogP contribution in [0.25, 0.3) is 5.95 Å². The first-order valence-electron chi connectivity index (χ1n) is 8.01. The smallest absolute Gasteiger partial charge is 0.258 e. The van der Waals surface area contributed by atoms with Crippen LogP contribution in [0.4, 0.5) is 0 Å². The maximum absolute atomic E-state index is 10.4. The Kier molecular flexibility index (Phi) is 3.68. The lowest BCUT2D eigenvalue weighted by Gasteiger charge is -2.03. The maximum atomic E-state index is 10.4. The van der Waals surface area contributed by atoms with Crippen LogP contribution in [-0.4, -0.2) is 37.1 Å². The minimum atomic E-state index is -0.0104. The standard InChI is InChI=1S/C18H18N4O3/c1-25-12-6-4-5-11(9-12)10-15-19-18(21-20-15)22-16(23)13-7-2-3-8-14(13)17(22)24/h2-6,9,23-24H,7-8,10H2,1H3,(H,19,20,21). The molecule has 0 amide bonds. The Morgan fingerprint density at radius 3 is 2.56 bits per heavy atom. The highest BCUT2D eigenvalue weighted by Crippen LogP contribution is 2.38. The summed E-state index contributed by atoms with van der Waals surface area (Å²) in [6.07, 6.45) is 5.65. The van der Waals surface area contributed by atoms with E-state index >= 15 is 0 Å². The number of nitrogens with one attached hydrogen (secondary N) is 1. The number of aromatic amines is 1. The molecule has 0 fully saturated rings. The molecule has 0 spiro atoms. The zero-order valence-corrected chi connectivity index (χ0v) is 13.7. The third-order valence-corrected chi connectivity index (χ3v) is 4.36. The number of rotatable bonds is 4. The van der Waals surface area contributed by atoms with Crippen LogP contribution in [0.1, 0.15) is 22.5 Å². The van der Waals surface area contributed by atoms with Gasteiger partial charge in [-0.25, -0.2) is 4.57 Å². The van der Waals surface area contributed by atoms with Crippen molar-refractivity contribution in [3.05, 3.63) is 58.9 Å². The minimum absolute atomic E-state index is 0.0104. The van der Waals surface area contributed by atoms with Crippen molar-refractivity contribution in [3.63, 3.8) is 0 Å². The van der Waals surface area contributed by atoms with Crippen LogP contribution >= 0.6 is 0 Å². The molecule has 7 nitrogen and oxygen atoms in total. The Hall–Kier alpha value is -3.22. The molecule has 128 valence electrons. The number of nitrogens with zero attached hydrogens (tertiary/aromatic N) is 3. The van der Waals surface area contributed by atoms with E-state index in [4.69, 9.17) is 4.74 Å². The Morgan fingerprint density at radius 1 is 1.16 bits per heavy atom. The molecule has 0 saturated carbocycles. The molecular weight excluding hydrogens is 320 g/mol. The molecule has 25 heavy (non-hydrogen) atoms. The average Bonchev–Trinajstić information content (AvgIpc) is 3.18. The second-order valence-electron chi connectivity index (χ2n) is 5.93. The van der Waals surface area contributed by atoms with Crippen molar-refractivity contribution >= 4 is 0 Å². The van der Waals surface area contributed by atoms with Crippen molar-refractivity contribution in [1.29, 1.82) is 0 Å². The van der Waals surface area contributed by atoms with Crippen LogP contribution in [0.15, 0.2) is 36.4 Å². The molecular formula is C18H18N4O3. The first kappa shape index (κ1) is 15.3. The zero-order valence-electron chi connectivity index (χ0n) is 13.7. The van der Waals surface area contributed by atoms with Crippen molar-refractivity contribution < 1.29 is 14.9 Å². The van der Waals surface area contributed by atoms with Gasteiger partial charge in [0.25, 0.3) is 5.95 Å². The summed E-state index contributed by atoms with van der Waals surface area (Å²) in [6, 6.07) is 7.69. The van der Waals surface area contributed by atoms with Gasteiger partial charge in [-0.1, -0.05) is 24.3 Å². The van der Waals surface area contributed by atoms with E-state index in [0.717, 1.165) is 22.4 Å². The summed E-state index contributed by atoms with van der Waals surface area (Å²) in [5.41, 5.74) is 2.46. The van der Waals surface area contributed by atoms with E-state index in [1.165, 1.54) is 4.57 Å². The van der Waals surface area contributed by atoms with Crippen LogP contribution in [0.3, 0.4) is 0 Å². The summed E-state index contributed by atoms with van der Waals surface area (Å²) in [5.74, 6) is 1.61. The molecule has 2 aromatic heterocycles. The van der Waals surface area contributed by atoms with Gasteiger partial charge in [0.05, 0.1) is 7.11 Å². The molecule has 3 N–H and O–H groups in total. The summed E-state index contributed by atoms with van der Waals surface area (Å²) in [5, 5.41) is 27.9. The molecule has 2 heterocycles. The number of methoxy groups -OCH3 is 1. The van der Waals surface area contributed by atoms with Crippen molar-refractivity contribution in [2.45, 2.75) is 19.3 Å². The third-order valence-electron chi connectivity index (χ3n) is 4.36. The molecule has 1 aliphatic rings. The van der Waals surface area contributed by atoms with E-state index in [0.29, 0.717) is 25.1 Å². The number of fused-ring (bicyclic) bond motifs is 1. The summed E-state index contributed by atoms with van der Waals surface area (Å²) >= 11 is 0. The average molecular weight is 338 g/mol. The Labute approximate surface area is 144 Å². The Bertz CT molecular complexity index is 924. The number of H-pyrrole nitrogens is 1. The van der Waals surface area contributed by atoms with Crippen molar-refractivity contribution in [3.8, 4) is 23.5 Å². The first-order chi connectivity index (χ1) is 12.2. The predicted molar refractivity (Wildman–Crippen MR) is 91.4 cm³/mol. The predicted octanol–water partition coefficient (Wildman–Crippen LogP) is 2.26. The van der Waals surface area contributed by atoms with E-state index in [1.54, 1.807) is 7.11 Å². The maximum Gasteiger partial charge on any atom is 0.258 e. The summed E-state index contributed by atoms with van der Waals surface area (Å²) < 4.78 is 6.50. The van der Waals surface area contributed by atoms with E-state index < -0.39 is 0 Å². The largest absolute Gasteiger partial charge is 0.497 e. The lowest BCUT2D eigenvalue weighted by molar-refractivity contribution is 0.396. The number of aromatic hydroxyl groups is 2. The highest BCUT2D eigenvalue weighted by Gasteiger charge is 2.25. The second-order valence-corrected chi connectivity index (χ2v) is 5.93. The molecule has 0 aliphatic heterocycles. The van der Waals surface area contributed by atoms with Crippen LogP contribution < -0.4 is 4.74 Å². The number of hydrogen-bond donors (Lipinski definition) is 3. The number of hydrogen-bond acceptors (Lipinski definition) is 5. The SMILES string of the molecule is COc1cccc(Cc2nc(-n3c(O)c4c(c3O)CC=CC4)n[nH]2)c1. The zero-order chi connectivity index (χ0) is 17.4. The first-order valence-corrected chi connectivity index (χ1v) is 8.01. The van der Waals surface area contributed by atoms with Crippen LogP contribution in [0, 0.1) is 0 Å². The van der Waals surface area contributed by atoms with Gasteiger partial charge in [0.15, 0.2) is 0 Å². The number of allylic oxidation sites excluding steroid dienone is 2. The molecule has 0 radical (unpaired) electrons. The number of benzene rings is 1. The van der Waals surface area contributed by atoms with E-state index in [-0.39, 0.29) is 17.7 Å². The van der Waals surface area contributed by atoms with Gasteiger partial charge in [-0.3, -0.25) is 5.10 Å². The number of aromatic nitrogens is 4. The lowest BCUT2D eigenvalue weighted by atomic mass is 10.0. The van der Waals surface area contributed by atoms with E-state index in [9.17, 15) is 10.2 Å². The van der Waals surface area contributed by atoms with Crippen LogP contribution in [-0.2, 0) is 19.3 Å². The van der Waals surface area contributed by atoms with Gasteiger partial charge in [0.2, 0.25) is 11.8 Å². The third kappa shape index (κ3) is 2.63. The molecule has 0 saturated heterocycles. The quantitative estimate of drug-likeness (QED) is 0.634. The van der Waals surface area contributed by atoms with E-state index in [1.807, 2.05) is 36.4 Å². The fraction of sp³-hybridized carbons (Fsp3) is 0.222. The Balaban J connectivity index is 1.65. The fourth-order valence-corrected chi connectivity index (χ4v) is 3.10. The van der Waals surface area contributed by atoms with Gasteiger partial charge in [-0.05, 0) is 30.5 Å². The molecule has 0 atom stereocenters. The number of ether oxygens (including phenoxy) is 1. The summed E-state index contributed by atoms with van der Waals surface area (Å²) in [7, 11) is 1.62. The molecule has 1 aliphatic carbocycles. The van der Waals surface area contributed by atoms with Crippen LogP contribution in [0.5, 0.6) is 17.5 Å². The normalized spacial score (nSPS) is 13.0. The molecule has 0 bridgehead atoms. The Morgan fingerprint density at radius 2 is 1.88 bits per heavy atom. The van der Waals surface area contributed by atoms with Crippen molar-refractivity contribution in [2.24, 2.45) is 0 Å². The van der Waals surface area contributed by atoms with Gasteiger partial charge in [0.1, 0.15) is 11.6 Å². The second kappa shape index (κ2) is 6.01. The molecule has 4 rings (SSSR count). The van der Waals surface area contributed by atoms with Crippen molar-refractivity contribution in [1.82, 2.24) is 19.7 Å². The molecule has 3 aromatic rings. The van der Waals surface area contributed by atoms with Crippen LogP contribution in [0.2, 0.25) is 0 Å². The lowest BCUT2D eigenvalue weighted by Crippen LogP contribution is -1.97.